The summed E-state index contributed by atoms with van der Waals surface area (Å²) in [6, 6.07) is 4.26. The monoisotopic (exact) mass is 253 g/mol. The zero-order chi connectivity index (χ0) is 13.3. The highest BCUT2D eigenvalue weighted by Crippen LogP contribution is 2.24. The van der Waals surface area contributed by atoms with Gasteiger partial charge in [-0.05, 0) is 19.9 Å². The Bertz CT molecular complexity index is 457. The summed E-state index contributed by atoms with van der Waals surface area (Å²) in [5.74, 6) is -0.571. The van der Waals surface area contributed by atoms with Gasteiger partial charge in [-0.3, -0.25) is 10.1 Å². The third kappa shape index (κ3) is 2.76. The van der Waals surface area contributed by atoms with Crippen molar-refractivity contribution in [2.45, 2.75) is 25.9 Å². The van der Waals surface area contributed by atoms with Crippen LogP contribution < -0.4 is 10.2 Å². The highest BCUT2D eigenvalue weighted by atomic mass is 19.1. The van der Waals surface area contributed by atoms with Crippen molar-refractivity contribution in [3.05, 3.63) is 34.1 Å². The average molecular weight is 253 g/mol. The molecule has 2 atom stereocenters. The lowest BCUT2D eigenvalue weighted by atomic mass is 10.1. The van der Waals surface area contributed by atoms with E-state index < -0.39 is 10.7 Å². The lowest BCUT2D eigenvalue weighted by molar-refractivity contribution is -0.385. The van der Waals surface area contributed by atoms with Gasteiger partial charge in [-0.25, -0.2) is 4.39 Å². The number of halogens is 1. The zero-order valence-electron chi connectivity index (χ0n) is 10.4. The maximum Gasteiger partial charge on any atom is 0.274 e. The number of hydrogen-bond donors (Lipinski definition) is 1. The first-order valence-electron chi connectivity index (χ1n) is 5.91. The van der Waals surface area contributed by atoms with Crippen molar-refractivity contribution in [1.29, 1.82) is 0 Å². The van der Waals surface area contributed by atoms with Gasteiger partial charge in [0.25, 0.3) is 5.69 Å². The number of nitro groups is 1. The summed E-state index contributed by atoms with van der Waals surface area (Å²) in [5, 5.41) is 14.1. The number of rotatable bonds is 2. The van der Waals surface area contributed by atoms with Crippen LogP contribution >= 0.6 is 0 Å². The van der Waals surface area contributed by atoms with E-state index >= 15 is 0 Å². The summed E-state index contributed by atoms with van der Waals surface area (Å²) in [6.45, 7) is 5.50. The summed E-state index contributed by atoms with van der Waals surface area (Å²) in [5.41, 5.74) is 0.366. The van der Waals surface area contributed by atoms with Crippen molar-refractivity contribution in [1.82, 2.24) is 5.32 Å². The highest BCUT2D eigenvalue weighted by molar-refractivity contribution is 5.54. The van der Waals surface area contributed by atoms with Crippen LogP contribution in [0, 0.1) is 15.9 Å². The summed E-state index contributed by atoms with van der Waals surface area (Å²) in [4.78, 5) is 12.1. The van der Waals surface area contributed by atoms with E-state index in [4.69, 9.17) is 0 Å². The Hall–Kier alpha value is -1.69. The van der Waals surface area contributed by atoms with E-state index in [0.717, 1.165) is 6.07 Å². The molecule has 6 heteroatoms. The maximum absolute atomic E-state index is 13.4. The van der Waals surface area contributed by atoms with E-state index in [1.54, 1.807) is 0 Å². The van der Waals surface area contributed by atoms with Crippen molar-refractivity contribution in [3.63, 3.8) is 0 Å². The van der Waals surface area contributed by atoms with Gasteiger partial charge in [-0.15, -0.1) is 0 Å². The van der Waals surface area contributed by atoms with Gasteiger partial charge >= 0.3 is 0 Å². The topological polar surface area (TPSA) is 58.4 Å². The Morgan fingerprint density at radius 1 is 1.33 bits per heavy atom. The number of nitrogens with zero attached hydrogens (tertiary/aromatic N) is 2. The Balaban J connectivity index is 2.29. The van der Waals surface area contributed by atoms with Crippen LogP contribution in [0.5, 0.6) is 0 Å². The van der Waals surface area contributed by atoms with Crippen LogP contribution in [-0.4, -0.2) is 30.1 Å². The summed E-state index contributed by atoms with van der Waals surface area (Å²) in [7, 11) is 0. The highest BCUT2D eigenvalue weighted by Gasteiger charge is 2.23. The first-order valence-corrected chi connectivity index (χ1v) is 5.91. The molecule has 5 nitrogen and oxygen atoms in total. The minimum Gasteiger partial charge on any atom is -0.368 e. The van der Waals surface area contributed by atoms with Gasteiger partial charge in [0, 0.05) is 36.9 Å². The molecule has 0 radical (unpaired) electrons. The fraction of sp³-hybridized carbons (Fsp3) is 0.500. The normalized spacial score (nSPS) is 24.1. The molecule has 0 aromatic heterocycles. The number of nitro benzene ring substituents is 1. The van der Waals surface area contributed by atoms with Crippen molar-refractivity contribution >= 4 is 11.4 Å². The number of anilines is 1. The molecule has 1 aliphatic rings. The maximum atomic E-state index is 13.4. The predicted molar refractivity (Wildman–Crippen MR) is 67.3 cm³/mol. The minimum absolute atomic E-state index is 0.205. The molecule has 2 unspecified atom stereocenters. The smallest absolute Gasteiger partial charge is 0.274 e. The SMILES string of the molecule is CC1CN(c2cc(F)cc([N+](=O)[O-])c2)CC(C)N1. The lowest BCUT2D eigenvalue weighted by Crippen LogP contribution is -2.54. The van der Waals surface area contributed by atoms with Crippen molar-refractivity contribution < 1.29 is 9.31 Å². The zero-order valence-corrected chi connectivity index (χ0v) is 10.4. The molecule has 1 heterocycles. The lowest BCUT2D eigenvalue weighted by Gasteiger charge is -2.37. The van der Waals surface area contributed by atoms with Gasteiger partial charge in [0.1, 0.15) is 5.82 Å². The molecule has 0 amide bonds. The van der Waals surface area contributed by atoms with Crippen LogP contribution in [0.25, 0.3) is 0 Å². The molecule has 1 aliphatic heterocycles. The number of non-ortho nitro benzene ring substituents is 1. The van der Waals surface area contributed by atoms with Crippen LogP contribution in [0.4, 0.5) is 15.8 Å². The molecule has 1 aromatic rings. The molecule has 1 fully saturated rings. The minimum atomic E-state index is -0.571. The van der Waals surface area contributed by atoms with E-state index in [1.807, 2.05) is 18.7 Å². The van der Waals surface area contributed by atoms with Gasteiger partial charge in [0.15, 0.2) is 0 Å². The fourth-order valence-electron chi connectivity index (χ4n) is 2.38. The van der Waals surface area contributed by atoms with Crippen molar-refractivity contribution in [3.8, 4) is 0 Å². The molecule has 1 aromatic carbocycles. The molecule has 1 saturated heterocycles. The van der Waals surface area contributed by atoms with Crippen molar-refractivity contribution in [2.24, 2.45) is 0 Å². The first kappa shape index (κ1) is 12.8. The Morgan fingerprint density at radius 3 is 2.50 bits per heavy atom. The van der Waals surface area contributed by atoms with Gasteiger partial charge in [-0.2, -0.15) is 0 Å². The Labute approximate surface area is 105 Å². The van der Waals surface area contributed by atoms with E-state index in [0.29, 0.717) is 18.8 Å². The van der Waals surface area contributed by atoms with Crippen LogP contribution in [0.15, 0.2) is 18.2 Å². The molecule has 1 N–H and O–H groups in total. The van der Waals surface area contributed by atoms with E-state index in [1.165, 1.54) is 12.1 Å². The summed E-state index contributed by atoms with van der Waals surface area (Å²) < 4.78 is 13.4. The number of piperazine rings is 1. The average Bonchev–Trinajstić information content (AvgIpc) is 2.26. The quantitative estimate of drug-likeness (QED) is 0.646. The second kappa shape index (κ2) is 4.89. The number of nitrogens with one attached hydrogen (secondary N) is 1. The summed E-state index contributed by atoms with van der Waals surface area (Å²) >= 11 is 0. The van der Waals surface area contributed by atoms with Crippen LogP contribution in [-0.2, 0) is 0 Å². The Morgan fingerprint density at radius 2 is 1.94 bits per heavy atom. The molecular formula is C12H16FN3O2. The Kier molecular flexibility index (Phi) is 3.47. The molecule has 0 bridgehead atoms. The third-order valence-electron chi connectivity index (χ3n) is 3.00. The van der Waals surface area contributed by atoms with E-state index in [9.17, 15) is 14.5 Å². The largest absolute Gasteiger partial charge is 0.368 e. The van der Waals surface area contributed by atoms with Gasteiger partial charge in [0.05, 0.1) is 11.0 Å². The molecule has 2 rings (SSSR count). The van der Waals surface area contributed by atoms with Gasteiger partial charge < -0.3 is 10.2 Å². The predicted octanol–water partition coefficient (Wildman–Crippen LogP) is 1.92. The number of hydrogen-bond acceptors (Lipinski definition) is 4. The molecule has 18 heavy (non-hydrogen) atoms. The molecule has 98 valence electrons. The standard InChI is InChI=1S/C12H16FN3O2/c1-8-6-15(7-9(2)14-8)11-3-10(13)4-12(5-11)16(17)18/h3-5,8-9,14H,6-7H2,1-2H3. The molecular weight excluding hydrogens is 237 g/mol. The fourth-order valence-corrected chi connectivity index (χ4v) is 2.38. The molecule has 0 aliphatic carbocycles. The first-order chi connectivity index (χ1) is 8.45. The van der Waals surface area contributed by atoms with Crippen LogP contribution in [0.2, 0.25) is 0 Å². The van der Waals surface area contributed by atoms with E-state index in [-0.39, 0.29) is 17.8 Å². The molecule has 0 spiro atoms. The third-order valence-corrected chi connectivity index (χ3v) is 3.00. The van der Waals surface area contributed by atoms with Gasteiger partial charge in [0.2, 0.25) is 0 Å². The van der Waals surface area contributed by atoms with Crippen molar-refractivity contribution in [2.75, 3.05) is 18.0 Å². The van der Waals surface area contributed by atoms with Crippen LogP contribution in [0.1, 0.15) is 13.8 Å². The van der Waals surface area contributed by atoms with Crippen LogP contribution in [0.3, 0.4) is 0 Å². The van der Waals surface area contributed by atoms with E-state index in [2.05, 4.69) is 5.32 Å². The summed E-state index contributed by atoms with van der Waals surface area (Å²) in [6.07, 6.45) is 0. The number of benzene rings is 1. The van der Waals surface area contributed by atoms with Gasteiger partial charge in [-0.1, -0.05) is 0 Å². The second-order valence-electron chi connectivity index (χ2n) is 4.80. The second-order valence-corrected chi connectivity index (χ2v) is 4.80. The molecule has 0 saturated carbocycles.